The van der Waals surface area contributed by atoms with Gasteiger partial charge in [-0.2, -0.15) is 0 Å². The highest BCUT2D eigenvalue weighted by atomic mass is 15.3. The van der Waals surface area contributed by atoms with Crippen LogP contribution in [0.2, 0.25) is 0 Å². The molecule has 0 aliphatic heterocycles. The van der Waals surface area contributed by atoms with Crippen LogP contribution in [0.25, 0.3) is 0 Å². The molecule has 0 fully saturated rings. The summed E-state index contributed by atoms with van der Waals surface area (Å²) in [5.41, 5.74) is 5.30. The highest BCUT2D eigenvalue weighted by Gasteiger charge is 1.93. The van der Waals surface area contributed by atoms with E-state index in [4.69, 9.17) is 11.6 Å². The lowest BCUT2D eigenvalue weighted by Gasteiger charge is -1.88. The summed E-state index contributed by atoms with van der Waals surface area (Å²) in [5.74, 6) is 5.72. The van der Waals surface area contributed by atoms with E-state index in [1.54, 1.807) is 12.4 Å². The summed E-state index contributed by atoms with van der Waals surface area (Å²) in [6.45, 7) is 0. The number of aromatic nitrogens is 2. The lowest BCUT2D eigenvalue weighted by atomic mass is 10.7. The Kier molecular flexibility index (Phi) is 0.997. The molecule has 4 nitrogen and oxygen atoms in total. The lowest BCUT2D eigenvalue weighted by Crippen LogP contribution is -2.46. The van der Waals surface area contributed by atoms with E-state index in [9.17, 15) is 0 Å². The fourth-order valence-electron chi connectivity index (χ4n) is 0.382. The van der Waals surface area contributed by atoms with Gasteiger partial charge in [-0.3, -0.25) is 16.6 Å². The summed E-state index contributed by atoms with van der Waals surface area (Å²) < 4.78 is 1.30. The first kappa shape index (κ1) is 4.83. The molecule has 1 aromatic heterocycles. The molecular formula is C4H7N4+. The van der Waals surface area contributed by atoms with E-state index in [0.717, 1.165) is 0 Å². The van der Waals surface area contributed by atoms with E-state index in [-0.39, 0.29) is 0 Å². The third kappa shape index (κ3) is 0.676. The Balaban J connectivity index is 3.13. The third-order valence-electron chi connectivity index (χ3n) is 0.818. The molecule has 1 rings (SSSR count). The van der Waals surface area contributed by atoms with Crippen molar-refractivity contribution in [1.29, 1.82) is 0 Å². The van der Waals surface area contributed by atoms with E-state index in [1.807, 2.05) is 0 Å². The molecule has 8 heavy (non-hydrogen) atoms. The van der Waals surface area contributed by atoms with Crippen LogP contribution in [-0.4, -0.2) is 4.98 Å². The molecule has 1 heterocycles. The topological polar surface area (TPSA) is 68.8 Å². The summed E-state index contributed by atoms with van der Waals surface area (Å²) in [6.07, 6.45) is 4.63. The van der Waals surface area contributed by atoms with Crippen LogP contribution in [0.3, 0.4) is 0 Å². The molecule has 0 saturated heterocycles. The Labute approximate surface area is 46.7 Å². The van der Waals surface area contributed by atoms with E-state index < -0.39 is 0 Å². The van der Waals surface area contributed by atoms with Crippen LogP contribution in [0.1, 0.15) is 0 Å². The first-order valence-corrected chi connectivity index (χ1v) is 2.17. The van der Waals surface area contributed by atoms with Crippen LogP contribution in [0.15, 0.2) is 18.6 Å². The second-order valence-corrected chi connectivity index (χ2v) is 1.41. The summed E-state index contributed by atoms with van der Waals surface area (Å²) in [6, 6.07) is 0. The van der Waals surface area contributed by atoms with Gasteiger partial charge in [-0.05, 0) is 0 Å². The molecule has 0 saturated carbocycles. The molecule has 0 atom stereocenters. The quantitative estimate of drug-likeness (QED) is 0.322. The Bertz CT molecular complexity index is 164. The van der Waals surface area contributed by atoms with Crippen LogP contribution >= 0.6 is 0 Å². The monoisotopic (exact) mass is 111 g/mol. The van der Waals surface area contributed by atoms with Gasteiger partial charge in [0.15, 0.2) is 0 Å². The fraction of sp³-hybridized carbons (Fsp3) is 0. The normalized spacial score (nSPS) is 9.00. The Hall–Kier alpha value is -1.32. The largest absolute Gasteiger partial charge is 0.314 e. The number of hydrogen-bond donors (Lipinski definition) is 2. The van der Waals surface area contributed by atoms with Crippen molar-refractivity contribution >= 4 is 5.82 Å². The molecule has 1 aromatic rings. The number of nitrogens with zero attached hydrogens (tertiary/aromatic N) is 2. The maximum absolute atomic E-state index is 5.30. The maximum Gasteiger partial charge on any atom is 0.314 e. The highest BCUT2D eigenvalue weighted by Crippen LogP contribution is 1.80. The number of anilines is 1. The Morgan fingerprint density at radius 2 is 2.38 bits per heavy atom. The van der Waals surface area contributed by atoms with Gasteiger partial charge in [-0.1, -0.05) is 0 Å². The van der Waals surface area contributed by atoms with Crippen LogP contribution in [0.4, 0.5) is 5.82 Å². The number of rotatable bonds is 0. The van der Waals surface area contributed by atoms with Gasteiger partial charge in [0, 0.05) is 0 Å². The van der Waals surface area contributed by atoms with Gasteiger partial charge in [0.2, 0.25) is 0 Å². The smallest absolute Gasteiger partial charge is 0.284 e. The molecule has 0 radical (unpaired) electrons. The lowest BCUT2D eigenvalue weighted by molar-refractivity contribution is -0.624. The first-order chi connectivity index (χ1) is 3.80. The highest BCUT2D eigenvalue weighted by molar-refractivity contribution is 5.12. The molecule has 0 aliphatic rings. The predicted molar refractivity (Wildman–Crippen MR) is 29.0 cm³/mol. The zero-order valence-corrected chi connectivity index (χ0v) is 4.28. The maximum atomic E-state index is 5.30. The predicted octanol–water partition coefficient (Wildman–Crippen LogP) is -1.33. The molecule has 0 unspecified atom stereocenters. The average Bonchev–Trinajstić information content (AvgIpc) is 1.77. The number of hydrogen-bond acceptors (Lipinski definition) is 3. The zero-order valence-electron chi connectivity index (χ0n) is 4.28. The second-order valence-electron chi connectivity index (χ2n) is 1.41. The van der Waals surface area contributed by atoms with Crippen LogP contribution in [-0.2, 0) is 0 Å². The Morgan fingerprint density at radius 1 is 1.62 bits per heavy atom. The molecule has 42 valence electrons. The molecule has 0 aromatic carbocycles. The van der Waals surface area contributed by atoms with Crippen molar-refractivity contribution in [3.05, 3.63) is 18.6 Å². The molecule has 4 N–H and O–H groups in total. The SMILES string of the molecule is Nc1cncc[n+]1N. The average molecular weight is 111 g/mol. The van der Waals surface area contributed by atoms with Crippen molar-refractivity contribution in [1.82, 2.24) is 4.98 Å². The van der Waals surface area contributed by atoms with Crippen LogP contribution in [0.5, 0.6) is 0 Å². The van der Waals surface area contributed by atoms with Crippen molar-refractivity contribution in [3.8, 4) is 0 Å². The molecule has 0 aliphatic carbocycles. The standard InChI is InChI=1S/C4H6N4/c5-4-3-7-1-2-8(4)6/h1-3,5H,6H2/p+1. The van der Waals surface area contributed by atoms with E-state index in [0.29, 0.717) is 5.82 Å². The minimum atomic E-state index is 0.451. The molecule has 4 heteroatoms. The van der Waals surface area contributed by atoms with Gasteiger partial charge in [0.1, 0.15) is 12.4 Å². The minimum Gasteiger partial charge on any atom is -0.284 e. The summed E-state index contributed by atoms with van der Waals surface area (Å²) >= 11 is 0. The summed E-state index contributed by atoms with van der Waals surface area (Å²) in [4.78, 5) is 3.72. The van der Waals surface area contributed by atoms with Gasteiger partial charge in [-0.25, -0.2) is 0 Å². The second kappa shape index (κ2) is 1.65. The van der Waals surface area contributed by atoms with Crippen molar-refractivity contribution < 1.29 is 4.68 Å². The summed E-state index contributed by atoms with van der Waals surface area (Å²) in [7, 11) is 0. The van der Waals surface area contributed by atoms with E-state index in [1.165, 1.54) is 10.9 Å². The molecule has 0 bridgehead atoms. The number of nitrogens with two attached hydrogens (primary N) is 2. The molecule has 0 amide bonds. The van der Waals surface area contributed by atoms with Gasteiger partial charge < -0.3 is 0 Å². The number of nitrogen functional groups attached to an aromatic ring is 2. The van der Waals surface area contributed by atoms with E-state index in [2.05, 4.69) is 4.98 Å². The van der Waals surface area contributed by atoms with Crippen molar-refractivity contribution in [2.45, 2.75) is 0 Å². The fourth-order valence-corrected chi connectivity index (χ4v) is 0.382. The van der Waals surface area contributed by atoms with Crippen LogP contribution in [0, 0.1) is 0 Å². The third-order valence-corrected chi connectivity index (χ3v) is 0.818. The van der Waals surface area contributed by atoms with E-state index >= 15 is 0 Å². The van der Waals surface area contributed by atoms with Gasteiger partial charge in [-0.15, -0.1) is 4.68 Å². The first-order valence-electron chi connectivity index (χ1n) is 2.17. The minimum absolute atomic E-state index is 0.451. The van der Waals surface area contributed by atoms with Crippen molar-refractivity contribution in [2.24, 2.45) is 0 Å². The van der Waals surface area contributed by atoms with Gasteiger partial charge in [0.25, 0.3) is 0 Å². The van der Waals surface area contributed by atoms with Crippen molar-refractivity contribution in [3.63, 3.8) is 0 Å². The Morgan fingerprint density at radius 3 is 2.75 bits per heavy atom. The van der Waals surface area contributed by atoms with Crippen LogP contribution < -0.4 is 16.3 Å². The van der Waals surface area contributed by atoms with Gasteiger partial charge in [0.05, 0.1) is 6.20 Å². The van der Waals surface area contributed by atoms with Gasteiger partial charge >= 0.3 is 5.82 Å². The summed E-state index contributed by atoms with van der Waals surface area (Å²) in [5, 5.41) is 0. The zero-order chi connectivity index (χ0) is 5.98. The van der Waals surface area contributed by atoms with Crippen molar-refractivity contribution in [2.75, 3.05) is 11.6 Å². The molecular weight excluding hydrogens is 104 g/mol. The molecule has 0 spiro atoms.